The summed E-state index contributed by atoms with van der Waals surface area (Å²) in [7, 11) is -3.33. The van der Waals surface area contributed by atoms with Crippen LogP contribution in [0.5, 0.6) is 0 Å². The summed E-state index contributed by atoms with van der Waals surface area (Å²) >= 11 is 9.84. The average molecular weight is 207 g/mol. The molecule has 0 aliphatic heterocycles. The van der Waals surface area contributed by atoms with Gasteiger partial charge >= 0.3 is 7.60 Å². The summed E-state index contributed by atoms with van der Waals surface area (Å²) in [5.41, 5.74) is 0. The Morgan fingerprint density at radius 1 is 1.20 bits per heavy atom. The van der Waals surface area contributed by atoms with E-state index in [1.54, 1.807) is 20.8 Å². The Labute approximate surface area is 70.5 Å². The van der Waals surface area contributed by atoms with Gasteiger partial charge in [0.1, 0.15) is 0 Å². The van der Waals surface area contributed by atoms with Crippen LogP contribution >= 0.6 is 31.3 Å². The fourth-order valence-corrected chi connectivity index (χ4v) is 2.15. The van der Waals surface area contributed by atoms with Gasteiger partial charge in [-0.05, 0) is 20.8 Å². The monoisotopic (exact) mass is 206 g/mol. The van der Waals surface area contributed by atoms with Crippen LogP contribution in [0.3, 0.4) is 0 Å². The molecule has 3 nitrogen and oxygen atoms in total. The van der Waals surface area contributed by atoms with Crippen LogP contribution in [0.15, 0.2) is 0 Å². The maximum absolute atomic E-state index is 11.3. The second-order valence-electron chi connectivity index (χ2n) is 2.81. The van der Waals surface area contributed by atoms with E-state index in [4.69, 9.17) is 23.7 Å². The molecule has 0 aromatic rings. The van der Waals surface area contributed by atoms with E-state index in [1.165, 1.54) is 0 Å². The zero-order valence-electron chi connectivity index (χ0n) is 5.93. The van der Waals surface area contributed by atoms with Crippen LogP contribution < -0.4 is 0 Å². The van der Waals surface area contributed by atoms with Crippen molar-refractivity contribution in [3.05, 3.63) is 0 Å². The highest BCUT2D eigenvalue weighted by molar-refractivity contribution is 7.57. The van der Waals surface area contributed by atoms with E-state index in [-0.39, 0.29) is 0 Å². The van der Waals surface area contributed by atoms with Crippen molar-refractivity contribution in [3.63, 3.8) is 0 Å². The molecule has 0 aromatic carbocycles. The summed E-state index contributed by atoms with van der Waals surface area (Å²) < 4.78 is 19.5. The van der Waals surface area contributed by atoms with Gasteiger partial charge in [-0.3, -0.25) is 4.57 Å². The number of hydrogen-bond acceptors (Lipinski definition) is 3. The van der Waals surface area contributed by atoms with Crippen molar-refractivity contribution in [3.8, 4) is 0 Å². The standard InChI is InChI=1S/C4H9Cl2O3P/c1-4(2,3)10(7,8-5)9-6/h1-3H3. The molecule has 0 heterocycles. The first-order chi connectivity index (χ1) is 4.37. The highest BCUT2D eigenvalue weighted by Gasteiger charge is 2.40. The molecule has 0 radical (unpaired) electrons. The predicted octanol–water partition coefficient (Wildman–Crippen LogP) is 3.32. The Morgan fingerprint density at radius 2 is 1.50 bits per heavy atom. The van der Waals surface area contributed by atoms with Gasteiger partial charge in [-0.25, -0.2) is 0 Å². The number of rotatable bonds is 2. The minimum Gasteiger partial charge on any atom is -0.257 e. The zero-order chi connectivity index (χ0) is 8.41. The van der Waals surface area contributed by atoms with E-state index >= 15 is 0 Å². The lowest BCUT2D eigenvalue weighted by Crippen LogP contribution is -2.14. The van der Waals surface area contributed by atoms with Gasteiger partial charge in [0.15, 0.2) is 0 Å². The SMILES string of the molecule is CC(C)(C)P(=O)(OCl)OCl. The molecule has 0 saturated carbocycles. The van der Waals surface area contributed by atoms with Gasteiger partial charge in [0.25, 0.3) is 0 Å². The molecule has 0 bridgehead atoms. The first-order valence-electron chi connectivity index (χ1n) is 2.58. The molecule has 0 spiro atoms. The molecule has 0 atom stereocenters. The number of halogens is 2. The van der Waals surface area contributed by atoms with Crippen LogP contribution in [-0.2, 0) is 12.7 Å². The van der Waals surface area contributed by atoms with Crippen LogP contribution in [-0.4, -0.2) is 5.16 Å². The highest BCUT2D eigenvalue weighted by atomic mass is 35.5. The topological polar surface area (TPSA) is 35.5 Å². The van der Waals surface area contributed by atoms with Crippen molar-refractivity contribution < 1.29 is 12.7 Å². The lowest BCUT2D eigenvalue weighted by atomic mass is 10.3. The maximum Gasteiger partial charge on any atom is 0.368 e. The number of hydrogen-bond donors (Lipinski definition) is 0. The molecule has 0 rings (SSSR count). The smallest absolute Gasteiger partial charge is 0.257 e. The molecule has 0 fully saturated rings. The molecule has 6 heteroatoms. The largest absolute Gasteiger partial charge is 0.368 e. The average Bonchev–Trinajstić information content (AvgIpc) is 1.84. The van der Waals surface area contributed by atoms with E-state index in [1.807, 2.05) is 0 Å². The fraction of sp³-hybridized carbons (Fsp3) is 1.00. The van der Waals surface area contributed by atoms with Crippen LogP contribution in [0, 0.1) is 0 Å². The van der Waals surface area contributed by atoms with Crippen molar-refractivity contribution in [1.29, 1.82) is 0 Å². The lowest BCUT2D eigenvalue weighted by molar-refractivity contribution is 0.382. The van der Waals surface area contributed by atoms with E-state index < -0.39 is 12.8 Å². The third-order valence-corrected chi connectivity index (χ3v) is 4.10. The molecule has 0 saturated heterocycles. The predicted molar refractivity (Wildman–Crippen MR) is 41.2 cm³/mol. The highest BCUT2D eigenvalue weighted by Crippen LogP contribution is 2.61. The van der Waals surface area contributed by atoms with E-state index in [0.717, 1.165) is 0 Å². The van der Waals surface area contributed by atoms with Gasteiger partial charge in [-0.2, -0.15) is 8.15 Å². The Kier molecular flexibility index (Phi) is 3.67. The van der Waals surface area contributed by atoms with Gasteiger partial charge in [0.05, 0.1) is 28.9 Å². The van der Waals surface area contributed by atoms with Gasteiger partial charge in [0, 0.05) is 0 Å². The second kappa shape index (κ2) is 3.42. The Hall–Kier alpha value is 0.730. The summed E-state index contributed by atoms with van der Waals surface area (Å²) in [6.07, 6.45) is 0. The van der Waals surface area contributed by atoms with E-state index in [9.17, 15) is 4.57 Å². The quantitative estimate of drug-likeness (QED) is 0.651. The minimum absolute atomic E-state index is 0.698. The molecule has 0 N–H and O–H groups in total. The van der Waals surface area contributed by atoms with Crippen molar-refractivity contribution in [2.75, 3.05) is 0 Å². The zero-order valence-corrected chi connectivity index (χ0v) is 8.33. The fourth-order valence-electron chi connectivity index (χ4n) is 0.218. The normalized spacial score (nSPS) is 13.7. The first kappa shape index (κ1) is 10.7. The van der Waals surface area contributed by atoms with E-state index in [0.29, 0.717) is 0 Å². The third kappa shape index (κ3) is 2.11. The molecular formula is C4H9Cl2O3P. The van der Waals surface area contributed by atoms with Gasteiger partial charge in [0.2, 0.25) is 0 Å². The van der Waals surface area contributed by atoms with Crippen LogP contribution in [0.4, 0.5) is 0 Å². The Balaban J connectivity index is 4.51. The summed E-state index contributed by atoms with van der Waals surface area (Å²) in [6, 6.07) is 0. The van der Waals surface area contributed by atoms with Gasteiger partial charge in [-0.1, -0.05) is 0 Å². The molecular weight excluding hydrogens is 198 g/mol. The van der Waals surface area contributed by atoms with Crippen molar-refractivity contribution in [1.82, 2.24) is 0 Å². The lowest BCUT2D eigenvalue weighted by Gasteiger charge is -2.23. The second-order valence-corrected chi connectivity index (χ2v) is 6.25. The maximum atomic E-state index is 11.3. The first-order valence-corrected chi connectivity index (χ1v) is 4.74. The molecule has 0 aliphatic rings. The molecule has 62 valence electrons. The van der Waals surface area contributed by atoms with Crippen molar-refractivity contribution >= 4 is 31.3 Å². The molecule has 0 aromatic heterocycles. The molecule has 10 heavy (non-hydrogen) atoms. The minimum atomic E-state index is -3.33. The van der Waals surface area contributed by atoms with Crippen molar-refractivity contribution in [2.24, 2.45) is 0 Å². The van der Waals surface area contributed by atoms with Crippen LogP contribution in [0.25, 0.3) is 0 Å². The molecule has 0 aliphatic carbocycles. The Bertz CT molecular complexity index is 145. The molecule has 0 unspecified atom stereocenters. The summed E-state index contributed by atoms with van der Waals surface area (Å²) in [4.78, 5) is 0. The van der Waals surface area contributed by atoms with Gasteiger partial charge in [-0.15, -0.1) is 0 Å². The molecule has 0 amide bonds. The van der Waals surface area contributed by atoms with Crippen LogP contribution in [0.1, 0.15) is 20.8 Å². The third-order valence-electron chi connectivity index (χ3n) is 1.00. The summed E-state index contributed by atoms with van der Waals surface area (Å²) in [5, 5.41) is -0.698. The van der Waals surface area contributed by atoms with Gasteiger partial charge < -0.3 is 0 Å². The van der Waals surface area contributed by atoms with Crippen molar-refractivity contribution in [2.45, 2.75) is 25.9 Å². The summed E-state index contributed by atoms with van der Waals surface area (Å²) in [5.74, 6) is 0. The van der Waals surface area contributed by atoms with Crippen LogP contribution in [0.2, 0.25) is 0 Å². The van der Waals surface area contributed by atoms with E-state index in [2.05, 4.69) is 8.15 Å². The Morgan fingerprint density at radius 3 is 1.50 bits per heavy atom. The summed E-state index contributed by atoms with van der Waals surface area (Å²) in [6.45, 7) is 4.95.